The van der Waals surface area contributed by atoms with Gasteiger partial charge < -0.3 is 10.0 Å². The highest BCUT2D eigenvalue weighted by Crippen LogP contribution is 2.17. The summed E-state index contributed by atoms with van der Waals surface area (Å²) in [6.45, 7) is 12.4. The molecule has 0 amide bonds. The summed E-state index contributed by atoms with van der Waals surface area (Å²) in [5.41, 5.74) is 3.30. The Bertz CT molecular complexity index is 563. The summed E-state index contributed by atoms with van der Waals surface area (Å²) in [6.07, 6.45) is 2.60. The molecule has 0 aliphatic carbocycles. The fraction of sp³-hybridized carbons (Fsp3) is 0.778. The molecule has 3 rings (SSSR count). The molecule has 1 unspecified atom stereocenters. The Labute approximate surface area is 150 Å². The number of nitrogens with zero attached hydrogens (tertiary/aromatic N) is 4. The molecule has 2 aliphatic rings. The third-order valence-corrected chi connectivity index (χ3v) is 5.63. The van der Waals surface area contributed by atoms with Crippen molar-refractivity contribution in [3.8, 4) is 0 Å². The van der Waals surface area contributed by atoms with Crippen LogP contribution >= 0.6 is 0 Å². The van der Waals surface area contributed by atoms with E-state index in [0.29, 0.717) is 13.1 Å². The predicted molar refractivity (Wildman–Crippen MR) is 96.6 cm³/mol. The zero-order valence-corrected chi connectivity index (χ0v) is 15.5. The maximum Gasteiger partial charge on any atom is 0.309 e. The first kappa shape index (κ1) is 18.4. The quantitative estimate of drug-likeness (QED) is 0.796. The van der Waals surface area contributed by atoms with Crippen LogP contribution < -0.4 is 0 Å². The molecule has 7 nitrogen and oxygen atoms in total. The molecule has 1 aromatic heterocycles. The number of aromatic nitrogens is 2. The molecule has 25 heavy (non-hydrogen) atoms. The Hall–Kier alpha value is -1.44. The van der Waals surface area contributed by atoms with Gasteiger partial charge in [-0.1, -0.05) is 0 Å². The minimum Gasteiger partial charge on any atom is -0.481 e. The molecule has 0 aromatic carbocycles. The van der Waals surface area contributed by atoms with Gasteiger partial charge in [0.25, 0.3) is 0 Å². The van der Waals surface area contributed by atoms with E-state index in [1.54, 1.807) is 0 Å². The summed E-state index contributed by atoms with van der Waals surface area (Å²) in [5, 5.41) is 16.9. The third kappa shape index (κ3) is 4.80. The summed E-state index contributed by atoms with van der Waals surface area (Å²) >= 11 is 0. The van der Waals surface area contributed by atoms with Crippen LogP contribution in [0.2, 0.25) is 0 Å². The lowest BCUT2D eigenvalue weighted by atomic mass is 10.1. The molecule has 7 heteroatoms. The van der Waals surface area contributed by atoms with Crippen LogP contribution in [0, 0.1) is 19.8 Å². The molecule has 0 saturated carbocycles. The number of aryl methyl sites for hydroxylation is 2. The van der Waals surface area contributed by atoms with Crippen LogP contribution in [0.15, 0.2) is 0 Å². The first-order chi connectivity index (χ1) is 12.0. The van der Waals surface area contributed by atoms with Gasteiger partial charge in [-0.15, -0.1) is 0 Å². The lowest BCUT2D eigenvalue weighted by molar-refractivity contribution is -0.142. The van der Waals surface area contributed by atoms with Crippen molar-refractivity contribution in [2.24, 2.45) is 5.92 Å². The van der Waals surface area contributed by atoms with Gasteiger partial charge in [-0.25, -0.2) is 0 Å². The number of aliphatic carboxylic acids is 1. The van der Waals surface area contributed by atoms with Crippen molar-refractivity contribution in [3.05, 3.63) is 17.0 Å². The second kappa shape index (κ2) is 8.29. The maximum atomic E-state index is 11.7. The normalized spacial score (nSPS) is 23.8. The fourth-order valence-electron chi connectivity index (χ4n) is 3.97. The Morgan fingerprint density at radius 3 is 2.36 bits per heavy atom. The number of H-pyrrole nitrogens is 1. The number of carboxylic acids is 1. The highest BCUT2D eigenvalue weighted by atomic mass is 16.4. The maximum absolute atomic E-state index is 11.7. The number of hydrogen-bond acceptors (Lipinski definition) is 5. The number of carbonyl (C=O) groups is 1. The molecule has 140 valence electrons. The van der Waals surface area contributed by atoms with Crippen LogP contribution in [-0.2, 0) is 11.3 Å². The van der Waals surface area contributed by atoms with Gasteiger partial charge in [-0.05, 0) is 39.8 Å². The number of aromatic amines is 1. The molecule has 1 atom stereocenters. The van der Waals surface area contributed by atoms with Gasteiger partial charge in [0.1, 0.15) is 0 Å². The van der Waals surface area contributed by atoms with Crippen molar-refractivity contribution in [2.75, 3.05) is 52.4 Å². The average molecular weight is 349 g/mol. The van der Waals surface area contributed by atoms with Crippen LogP contribution in [0.3, 0.4) is 0 Å². The Kier molecular flexibility index (Phi) is 6.09. The van der Waals surface area contributed by atoms with Crippen molar-refractivity contribution in [2.45, 2.75) is 33.2 Å². The second-order valence-corrected chi connectivity index (χ2v) is 7.53. The summed E-state index contributed by atoms with van der Waals surface area (Å²) in [4.78, 5) is 18.8. The molecule has 0 radical (unpaired) electrons. The molecule has 2 N–H and O–H groups in total. The summed E-state index contributed by atoms with van der Waals surface area (Å²) in [5.74, 6) is -1.01. The van der Waals surface area contributed by atoms with Gasteiger partial charge in [0.05, 0.1) is 11.6 Å². The van der Waals surface area contributed by atoms with Gasteiger partial charge in [-0.2, -0.15) is 5.10 Å². The van der Waals surface area contributed by atoms with E-state index >= 15 is 0 Å². The number of nitrogens with one attached hydrogen (secondary N) is 1. The first-order valence-corrected chi connectivity index (χ1v) is 9.43. The van der Waals surface area contributed by atoms with Crippen LogP contribution in [0.4, 0.5) is 0 Å². The smallest absolute Gasteiger partial charge is 0.309 e. The van der Waals surface area contributed by atoms with E-state index in [0.717, 1.165) is 44.1 Å². The van der Waals surface area contributed by atoms with Crippen molar-refractivity contribution in [3.63, 3.8) is 0 Å². The van der Waals surface area contributed by atoms with E-state index in [1.807, 2.05) is 13.8 Å². The third-order valence-electron chi connectivity index (χ3n) is 5.63. The number of likely N-dealkylation sites (tertiary alicyclic amines) is 1. The Morgan fingerprint density at radius 1 is 1.08 bits per heavy atom. The summed E-state index contributed by atoms with van der Waals surface area (Å²) in [7, 11) is 0. The van der Waals surface area contributed by atoms with E-state index in [9.17, 15) is 9.90 Å². The molecule has 3 heterocycles. The monoisotopic (exact) mass is 349 g/mol. The van der Waals surface area contributed by atoms with E-state index in [-0.39, 0.29) is 5.92 Å². The highest BCUT2D eigenvalue weighted by molar-refractivity contribution is 5.70. The molecule has 2 fully saturated rings. The fourth-order valence-corrected chi connectivity index (χ4v) is 3.97. The molecule has 0 bridgehead atoms. The molecule has 0 spiro atoms. The topological polar surface area (TPSA) is 75.7 Å². The zero-order chi connectivity index (χ0) is 17.8. The van der Waals surface area contributed by atoms with Crippen molar-refractivity contribution >= 4 is 5.97 Å². The van der Waals surface area contributed by atoms with E-state index < -0.39 is 5.97 Å². The molecule has 1 aromatic rings. The number of rotatable bonds is 6. The van der Waals surface area contributed by atoms with Gasteiger partial charge in [-0.3, -0.25) is 19.7 Å². The predicted octanol–water partition coefficient (Wildman–Crippen LogP) is 0.941. The van der Waals surface area contributed by atoms with Crippen LogP contribution in [0.5, 0.6) is 0 Å². The van der Waals surface area contributed by atoms with E-state index in [2.05, 4.69) is 24.9 Å². The summed E-state index contributed by atoms with van der Waals surface area (Å²) in [6, 6.07) is 0. The standard InChI is InChI=1S/C18H31N5O2/c1-14-17(15(2)20-19-14)13-23-10-9-22(11-16(12-23)18(24)25)8-7-21-5-3-4-6-21/h16H,3-13H2,1-2H3,(H,19,20)(H,24,25). The van der Waals surface area contributed by atoms with Crippen LogP contribution in [-0.4, -0.2) is 88.3 Å². The SMILES string of the molecule is Cc1n[nH]c(C)c1CN1CCN(CCN2CCCC2)CC(C(=O)O)C1. The van der Waals surface area contributed by atoms with Crippen molar-refractivity contribution in [1.29, 1.82) is 0 Å². The molecule has 2 aliphatic heterocycles. The van der Waals surface area contributed by atoms with Gasteiger partial charge in [0, 0.05) is 57.1 Å². The van der Waals surface area contributed by atoms with Crippen LogP contribution in [0.1, 0.15) is 29.8 Å². The minimum absolute atomic E-state index is 0.325. The highest BCUT2D eigenvalue weighted by Gasteiger charge is 2.28. The lowest BCUT2D eigenvalue weighted by Gasteiger charge is -2.24. The second-order valence-electron chi connectivity index (χ2n) is 7.53. The Balaban J connectivity index is 1.60. The molecule has 2 saturated heterocycles. The van der Waals surface area contributed by atoms with E-state index in [1.165, 1.54) is 31.5 Å². The van der Waals surface area contributed by atoms with Crippen molar-refractivity contribution < 1.29 is 9.90 Å². The lowest BCUT2D eigenvalue weighted by Crippen LogP contribution is -2.38. The van der Waals surface area contributed by atoms with Crippen molar-refractivity contribution in [1.82, 2.24) is 24.9 Å². The van der Waals surface area contributed by atoms with Gasteiger partial charge in [0.15, 0.2) is 0 Å². The largest absolute Gasteiger partial charge is 0.481 e. The first-order valence-electron chi connectivity index (χ1n) is 9.43. The average Bonchev–Trinajstić information content (AvgIpc) is 3.14. The summed E-state index contributed by atoms with van der Waals surface area (Å²) < 4.78 is 0. The van der Waals surface area contributed by atoms with Gasteiger partial charge >= 0.3 is 5.97 Å². The zero-order valence-electron chi connectivity index (χ0n) is 15.5. The minimum atomic E-state index is -0.682. The number of hydrogen-bond donors (Lipinski definition) is 2. The number of carboxylic acid groups (broad SMARTS) is 1. The Morgan fingerprint density at radius 2 is 1.72 bits per heavy atom. The molecular weight excluding hydrogens is 318 g/mol. The van der Waals surface area contributed by atoms with E-state index in [4.69, 9.17) is 0 Å². The van der Waals surface area contributed by atoms with Crippen LogP contribution in [0.25, 0.3) is 0 Å². The molecular formula is C18H31N5O2. The van der Waals surface area contributed by atoms with Gasteiger partial charge in [0.2, 0.25) is 0 Å².